The van der Waals surface area contributed by atoms with E-state index in [9.17, 15) is 19.5 Å². The molecule has 9 nitrogen and oxygen atoms in total. The SMILES string of the molecule is CC/C=C\C/C=C\C/C=C\C/C=C\C/C=C\C/C=C\CCC(=O)N[C@@H](C)C(=O)Nc1ccn([C@@H]2CS[C@H](CO)O2)c(=O)n1. The minimum Gasteiger partial charge on any atom is -0.393 e. The molecular weight excluding hydrogens is 564 g/mol. The fourth-order valence-electron chi connectivity index (χ4n) is 3.85. The number of nitrogens with one attached hydrogen (secondary N) is 2. The van der Waals surface area contributed by atoms with Crippen LogP contribution in [0, 0.1) is 0 Å². The van der Waals surface area contributed by atoms with E-state index in [-0.39, 0.29) is 30.2 Å². The maximum Gasteiger partial charge on any atom is 0.351 e. The molecule has 0 radical (unpaired) electrons. The molecule has 3 atom stereocenters. The second-order valence-corrected chi connectivity index (χ2v) is 11.0. The zero-order valence-corrected chi connectivity index (χ0v) is 26.1. The first-order chi connectivity index (χ1) is 20.9. The maximum atomic E-state index is 12.5. The lowest BCUT2D eigenvalue weighted by molar-refractivity contribution is -0.126. The summed E-state index contributed by atoms with van der Waals surface area (Å²) in [5.41, 5.74) is -0.949. The molecule has 1 aromatic rings. The van der Waals surface area contributed by atoms with Crippen LogP contribution in [0.4, 0.5) is 5.82 Å². The van der Waals surface area contributed by atoms with Crippen LogP contribution in [0.3, 0.4) is 0 Å². The van der Waals surface area contributed by atoms with Crippen LogP contribution < -0.4 is 16.3 Å². The number of aliphatic hydroxyl groups is 1. The highest BCUT2D eigenvalue weighted by Gasteiger charge is 2.27. The van der Waals surface area contributed by atoms with E-state index >= 15 is 0 Å². The lowest BCUT2D eigenvalue weighted by Gasteiger charge is -2.15. The highest BCUT2D eigenvalue weighted by Crippen LogP contribution is 2.30. The Morgan fingerprint density at radius 1 is 1.00 bits per heavy atom. The first-order valence-corrected chi connectivity index (χ1v) is 16.0. The summed E-state index contributed by atoms with van der Waals surface area (Å²) < 4.78 is 6.89. The van der Waals surface area contributed by atoms with Gasteiger partial charge in [-0.1, -0.05) is 79.8 Å². The molecule has 0 aromatic carbocycles. The highest BCUT2D eigenvalue weighted by atomic mass is 32.2. The van der Waals surface area contributed by atoms with Crippen molar-refractivity contribution in [2.45, 2.75) is 82.9 Å². The lowest BCUT2D eigenvalue weighted by atomic mass is 10.2. The van der Waals surface area contributed by atoms with Crippen molar-refractivity contribution in [1.29, 1.82) is 0 Å². The van der Waals surface area contributed by atoms with Gasteiger partial charge in [0.05, 0.1) is 6.61 Å². The second-order valence-electron chi connectivity index (χ2n) is 9.77. The molecule has 1 saturated heterocycles. The van der Waals surface area contributed by atoms with Crippen LogP contribution >= 0.6 is 11.8 Å². The standard InChI is InChI=1S/C33H46N4O5S/c1-3-4-5-6-7-8-9-10-11-12-13-14-15-16-17-18-19-20-21-22-29(39)34-27(2)32(40)35-28-23-24-37(33(41)36-28)30-26-43-31(25-38)42-30/h4-5,7-8,10-11,13-14,16-17,19-20,23-24,27,30-31,38H,3,6,9,12,15,18,21-22,25-26H2,1-2H3,(H,34,39)(H,35,36,40,41)/b5-4-,8-7-,11-10-,14-13-,17-16-,20-19-/t27-,30-,31+/m0/s1. The van der Waals surface area contributed by atoms with Crippen LogP contribution in [0.25, 0.3) is 0 Å². The molecule has 10 heteroatoms. The number of rotatable bonds is 19. The molecule has 2 rings (SSSR count). The van der Waals surface area contributed by atoms with Gasteiger partial charge in [0.15, 0.2) is 0 Å². The topological polar surface area (TPSA) is 123 Å². The van der Waals surface area contributed by atoms with Crippen molar-refractivity contribution < 1.29 is 19.4 Å². The molecular formula is C33H46N4O5S. The van der Waals surface area contributed by atoms with Crippen molar-refractivity contribution in [1.82, 2.24) is 14.9 Å². The minimum atomic E-state index is -0.790. The molecule has 0 spiro atoms. The number of hydrogen-bond donors (Lipinski definition) is 3. The van der Waals surface area contributed by atoms with Crippen LogP contribution in [0.5, 0.6) is 0 Å². The Labute approximate surface area is 259 Å². The Hall–Kier alpha value is -3.47. The number of aromatic nitrogens is 2. The van der Waals surface area contributed by atoms with Crippen LogP contribution in [0.1, 0.15) is 71.4 Å². The van der Waals surface area contributed by atoms with Gasteiger partial charge in [-0.25, -0.2) is 4.79 Å². The van der Waals surface area contributed by atoms with Gasteiger partial charge in [0.25, 0.3) is 0 Å². The molecule has 2 amide bonds. The van der Waals surface area contributed by atoms with Gasteiger partial charge >= 0.3 is 5.69 Å². The van der Waals surface area contributed by atoms with E-state index in [0.717, 1.165) is 38.5 Å². The van der Waals surface area contributed by atoms with Crippen LogP contribution in [-0.2, 0) is 14.3 Å². The Balaban J connectivity index is 1.56. The third-order valence-corrected chi connectivity index (χ3v) is 7.29. The molecule has 1 aliphatic heterocycles. The monoisotopic (exact) mass is 610 g/mol. The van der Waals surface area contributed by atoms with Crippen molar-refractivity contribution >= 4 is 29.4 Å². The van der Waals surface area contributed by atoms with Gasteiger partial charge in [0.1, 0.15) is 23.5 Å². The highest BCUT2D eigenvalue weighted by molar-refractivity contribution is 8.00. The molecule has 0 bridgehead atoms. The van der Waals surface area contributed by atoms with Crippen LogP contribution in [0.15, 0.2) is 90.0 Å². The number of carbonyl (C=O) groups excluding carboxylic acids is 2. The molecule has 1 aromatic heterocycles. The normalized spacial score (nSPS) is 18.3. The number of nitrogens with zero attached hydrogens (tertiary/aromatic N) is 2. The fraction of sp³-hybridized carbons (Fsp3) is 0.455. The first-order valence-electron chi connectivity index (χ1n) is 14.9. The third-order valence-electron chi connectivity index (χ3n) is 6.18. The number of hydrogen-bond acceptors (Lipinski definition) is 7. The third kappa shape index (κ3) is 15.5. The molecule has 0 aliphatic carbocycles. The van der Waals surface area contributed by atoms with Crippen LogP contribution in [-0.4, -0.2) is 50.3 Å². The average molecular weight is 611 g/mol. The van der Waals surface area contributed by atoms with Gasteiger partial charge in [-0.3, -0.25) is 14.2 Å². The predicted octanol–water partition coefficient (Wildman–Crippen LogP) is 5.74. The van der Waals surface area contributed by atoms with Crippen molar-refractivity contribution in [2.24, 2.45) is 0 Å². The average Bonchev–Trinajstić information content (AvgIpc) is 3.47. The molecule has 1 aliphatic rings. The van der Waals surface area contributed by atoms with Gasteiger partial charge in [-0.2, -0.15) is 4.98 Å². The maximum absolute atomic E-state index is 12.5. The summed E-state index contributed by atoms with van der Waals surface area (Å²) in [5.74, 6) is -0.102. The van der Waals surface area contributed by atoms with E-state index in [2.05, 4.69) is 83.3 Å². The molecule has 0 unspecified atom stereocenters. The van der Waals surface area contributed by atoms with Crippen molar-refractivity contribution in [3.05, 3.63) is 95.7 Å². The lowest BCUT2D eigenvalue weighted by Crippen LogP contribution is -2.42. The van der Waals surface area contributed by atoms with Crippen molar-refractivity contribution in [3.8, 4) is 0 Å². The fourth-order valence-corrected chi connectivity index (χ4v) is 4.78. The summed E-state index contributed by atoms with van der Waals surface area (Å²) in [6, 6.07) is 0.706. The molecule has 2 heterocycles. The quantitative estimate of drug-likeness (QED) is 0.171. The Morgan fingerprint density at radius 2 is 1.56 bits per heavy atom. The number of thioether (sulfide) groups is 1. The number of amides is 2. The smallest absolute Gasteiger partial charge is 0.351 e. The number of ether oxygens (including phenoxy) is 1. The molecule has 43 heavy (non-hydrogen) atoms. The molecule has 1 fully saturated rings. The first kappa shape index (κ1) is 35.7. The summed E-state index contributed by atoms with van der Waals surface area (Å²) in [6.07, 6.45) is 33.1. The second kappa shape index (κ2) is 22.1. The van der Waals surface area contributed by atoms with Gasteiger partial charge in [0, 0.05) is 18.4 Å². The van der Waals surface area contributed by atoms with E-state index in [1.807, 2.05) is 12.2 Å². The number of allylic oxidation sites excluding steroid dienone is 12. The van der Waals surface area contributed by atoms with E-state index in [0.29, 0.717) is 12.2 Å². The summed E-state index contributed by atoms with van der Waals surface area (Å²) in [6.45, 7) is 3.58. The number of anilines is 1. The zero-order chi connectivity index (χ0) is 31.1. The zero-order valence-electron chi connectivity index (χ0n) is 25.3. The van der Waals surface area contributed by atoms with Crippen molar-refractivity contribution in [3.63, 3.8) is 0 Å². The van der Waals surface area contributed by atoms with Gasteiger partial charge in [0.2, 0.25) is 11.8 Å². The van der Waals surface area contributed by atoms with Gasteiger partial charge in [-0.15, -0.1) is 11.8 Å². The summed E-state index contributed by atoms with van der Waals surface area (Å²) in [5, 5.41) is 14.4. The van der Waals surface area contributed by atoms with Crippen molar-refractivity contribution in [2.75, 3.05) is 17.7 Å². The van der Waals surface area contributed by atoms with E-state index in [4.69, 9.17) is 4.74 Å². The van der Waals surface area contributed by atoms with E-state index in [1.54, 1.807) is 6.92 Å². The van der Waals surface area contributed by atoms with Gasteiger partial charge < -0.3 is 20.5 Å². The van der Waals surface area contributed by atoms with E-state index in [1.165, 1.54) is 28.6 Å². The summed E-state index contributed by atoms with van der Waals surface area (Å²) >= 11 is 1.41. The largest absolute Gasteiger partial charge is 0.393 e. The minimum absolute atomic E-state index is 0.0923. The number of carbonyl (C=O) groups is 2. The van der Waals surface area contributed by atoms with Gasteiger partial charge in [-0.05, 0) is 57.9 Å². The molecule has 234 valence electrons. The Kier molecular flexibility index (Phi) is 18.4. The summed E-state index contributed by atoms with van der Waals surface area (Å²) in [4.78, 5) is 40.9. The molecule has 0 saturated carbocycles. The Morgan fingerprint density at radius 3 is 2.07 bits per heavy atom. The number of aliphatic hydroxyl groups excluding tert-OH is 1. The predicted molar refractivity (Wildman–Crippen MR) is 176 cm³/mol. The van der Waals surface area contributed by atoms with Crippen LogP contribution in [0.2, 0.25) is 0 Å². The Bertz CT molecular complexity index is 1220. The molecule has 3 N–H and O–H groups in total. The summed E-state index contributed by atoms with van der Waals surface area (Å²) in [7, 11) is 0. The van der Waals surface area contributed by atoms with E-state index < -0.39 is 23.9 Å².